The summed E-state index contributed by atoms with van der Waals surface area (Å²) in [6.45, 7) is 9.26. The fourth-order valence-electron chi connectivity index (χ4n) is 2.04. The van der Waals surface area contributed by atoms with Gasteiger partial charge in [0.1, 0.15) is 11.4 Å². The Morgan fingerprint density at radius 1 is 1.42 bits per heavy atom. The molecule has 2 rings (SSSR count). The summed E-state index contributed by atoms with van der Waals surface area (Å²) in [6, 6.07) is 4.37. The zero-order valence-corrected chi connectivity index (χ0v) is 13.0. The van der Waals surface area contributed by atoms with Gasteiger partial charge in [0.2, 0.25) is 5.88 Å². The van der Waals surface area contributed by atoms with Gasteiger partial charge in [-0.2, -0.15) is 16.7 Å². The number of thioether (sulfide) groups is 1. The van der Waals surface area contributed by atoms with Gasteiger partial charge in [-0.05, 0) is 39.8 Å². The Labute approximate surface area is 119 Å². The molecule has 1 aliphatic heterocycles. The second kappa shape index (κ2) is 5.49. The van der Waals surface area contributed by atoms with E-state index in [0.717, 1.165) is 23.9 Å². The van der Waals surface area contributed by atoms with E-state index in [-0.39, 0.29) is 5.60 Å². The van der Waals surface area contributed by atoms with Crippen molar-refractivity contribution < 1.29 is 4.74 Å². The van der Waals surface area contributed by atoms with E-state index in [1.54, 1.807) is 0 Å². The Bertz CT molecular complexity index is 445. The van der Waals surface area contributed by atoms with E-state index in [2.05, 4.69) is 16.8 Å². The highest BCUT2D eigenvalue weighted by molar-refractivity contribution is 7.99. The van der Waals surface area contributed by atoms with Gasteiger partial charge in [-0.3, -0.25) is 0 Å². The van der Waals surface area contributed by atoms with Crippen LogP contribution in [0.15, 0.2) is 12.1 Å². The average molecular weight is 281 g/mol. The van der Waals surface area contributed by atoms with Crippen molar-refractivity contribution in [2.45, 2.75) is 39.3 Å². The van der Waals surface area contributed by atoms with Crippen molar-refractivity contribution >= 4 is 23.3 Å². The summed E-state index contributed by atoms with van der Waals surface area (Å²) in [5, 5.41) is 0. The van der Waals surface area contributed by atoms with Crippen LogP contribution in [0.3, 0.4) is 0 Å². The average Bonchev–Trinajstić information content (AvgIpc) is 2.31. The standard InChI is InChI=1S/C14H23N3OS/c1-10-9-19-8-7-17(10)12-6-5-11(15)13(16-12)18-14(2,3)4/h5-6,10H,7-9,15H2,1-4H3. The van der Waals surface area contributed by atoms with Crippen molar-refractivity contribution in [2.75, 3.05) is 28.7 Å². The molecule has 4 nitrogen and oxygen atoms in total. The maximum Gasteiger partial charge on any atom is 0.239 e. The Kier molecular flexibility index (Phi) is 4.13. The summed E-state index contributed by atoms with van der Waals surface area (Å²) in [6.07, 6.45) is 0. The Morgan fingerprint density at radius 3 is 2.79 bits per heavy atom. The Morgan fingerprint density at radius 2 is 2.16 bits per heavy atom. The summed E-state index contributed by atoms with van der Waals surface area (Å²) in [5.41, 5.74) is 6.26. The minimum atomic E-state index is -0.289. The molecule has 1 aliphatic rings. The molecule has 106 valence electrons. The molecule has 1 atom stereocenters. The van der Waals surface area contributed by atoms with Gasteiger partial charge in [-0.15, -0.1) is 0 Å². The van der Waals surface area contributed by atoms with Gasteiger partial charge in [0.25, 0.3) is 0 Å². The zero-order chi connectivity index (χ0) is 14.0. The highest BCUT2D eigenvalue weighted by Crippen LogP contribution is 2.29. The quantitative estimate of drug-likeness (QED) is 0.903. The second-order valence-corrected chi connectivity index (χ2v) is 7.05. The second-order valence-electron chi connectivity index (χ2n) is 5.90. The molecule has 19 heavy (non-hydrogen) atoms. The summed E-state index contributed by atoms with van der Waals surface area (Å²) >= 11 is 1.99. The van der Waals surface area contributed by atoms with Crippen LogP contribution in [0.2, 0.25) is 0 Å². The summed E-state index contributed by atoms with van der Waals surface area (Å²) < 4.78 is 5.83. The lowest BCUT2D eigenvalue weighted by Crippen LogP contribution is -2.41. The number of nitrogens with two attached hydrogens (primary N) is 1. The van der Waals surface area contributed by atoms with Crippen LogP contribution in [0.1, 0.15) is 27.7 Å². The largest absolute Gasteiger partial charge is 0.470 e. The normalized spacial score (nSPS) is 20.4. The molecule has 1 saturated heterocycles. The van der Waals surface area contributed by atoms with Crippen molar-refractivity contribution in [2.24, 2.45) is 0 Å². The highest BCUT2D eigenvalue weighted by atomic mass is 32.2. The third-order valence-electron chi connectivity index (χ3n) is 2.94. The van der Waals surface area contributed by atoms with Crippen LogP contribution in [0.4, 0.5) is 11.5 Å². The lowest BCUT2D eigenvalue weighted by atomic mass is 10.2. The minimum Gasteiger partial charge on any atom is -0.470 e. The number of pyridine rings is 1. The molecule has 0 aliphatic carbocycles. The SMILES string of the molecule is CC1CSCCN1c1ccc(N)c(OC(C)(C)C)n1. The number of rotatable bonds is 2. The molecule has 2 N–H and O–H groups in total. The molecule has 1 aromatic heterocycles. The van der Waals surface area contributed by atoms with Gasteiger partial charge in [-0.1, -0.05) is 0 Å². The molecule has 1 aromatic rings. The van der Waals surface area contributed by atoms with Gasteiger partial charge >= 0.3 is 0 Å². The van der Waals surface area contributed by atoms with Crippen molar-refractivity contribution in [3.63, 3.8) is 0 Å². The first-order valence-electron chi connectivity index (χ1n) is 6.67. The van der Waals surface area contributed by atoms with Gasteiger partial charge < -0.3 is 15.4 Å². The van der Waals surface area contributed by atoms with Crippen LogP contribution in [-0.4, -0.2) is 34.7 Å². The number of nitrogen functional groups attached to an aromatic ring is 1. The van der Waals surface area contributed by atoms with E-state index in [4.69, 9.17) is 10.5 Å². The molecule has 0 bridgehead atoms. The first-order chi connectivity index (χ1) is 8.87. The maximum atomic E-state index is 5.95. The van der Waals surface area contributed by atoms with E-state index < -0.39 is 0 Å². The molecular weight excluding hydrogens is 258 g/mol. The fourth-order valence-corrected chi connectivity index (χ4v) is 3.05. The topological polar surface area (TPSA) is 51.4 Å². The molecule has 2 heterocycles. The van der Waals surface area contributed by atoms with Crippen molar-refractivity contribution in [3.8, 4) is 5.88 Å². The summed E-state index contributed by atoms with van der Waals surface area (Å²) in [4.78, 5) is 6.93. The first-order valence-corrected chi connectivity index (χ1v) is 7.82. The highest BCUT2D eigenvalue weighted by Gasteiger charge is 2.22. The number of hydrogen-bond donors (Lipinski definition) is 1. The molecule has 0 radical (unpaired) electrons. The molecule has 1 unspecified atom stereocenters. The van der Waals surface area contributed by atoms with Gasteiger partial charge in [0.15, 0.2) is 0 Å². The zero-order valence-electron chi connectivity index (χ0n) is 12.1. The molecule has 0 aromatic carbocycles. The summed E-state index contributed by atoms with van der Waals surface area (Å²) in [7, 11) is 0. The number of hydrogen-bond acceptors (Lipinski definition) is 5. The van der Waals surface area contributed by atoms with E-state index >= 15 is 0 Å². The van der Waals surface area contributed by atoms with Crippen molar-refractivity contribution in [3.05, 3.63) is 12.1 Å². The minimum absolute atomic E-state index is 0.289. The van der Waals surface area contributed by atoms with Gasteiger partial charge in [0.05, 0.1) is 5.69 Å². The molecule has 0 saturated carbocycles. The number of anilines is 2. The van der Waals surface area contributed by atoms with Crippen molar-refractivity contribution in [1.82, 2.24) is 4.98 Å². The fraction of sp³-hybridized carbons (Fsp3) is 0.643. The van der Waals surface area contributed by atoms with Gasteiger partial charge in [-0.25, -0.2) is 0 Å². The third-order valence-corrected chi connectivity index (χ3v) is 4.13. The monoisotopic (exact) mass is 281 g/mol. The molecule has 0 amide bonds. The predicted octanol–water partition coefficient (Wildman–Crippen LogP) is 2.78. The van der Waals surface area contributed by atoms with E-state index in [9.17, 15) is 0 Å². The first kappa shape index (κ1) is 14.3. The van der Waals surface area contributed by atoms with Gasteiger partial charge in [0, 0.05) is 24.1 Å². The molecule has 0 spiro atoms. The number of nitrogens with zero attached hydrogens (tertiary/aromatic N) is 2. The van der Waals surface area contributed by atoms with Crippen LogP contribution in [0, 0.1) is 0 Å². The van der Waals surface area contributed by atoms with E-state index in [1.807, 2.05) is 44.7 Å². The van der Waals surface area contributed by atoms with Crippen LogP contribution in [0.25, 0.3) is 0 Å². The van der Waals surface area contributed by atoms with Crippen molar-refractivity contribution in [1.29, 1.82) is 0 Å². The lowest BCUT2D eigenvalue weighted by molar-refractivity contribution is 0.125. The van der Waals surface area contributed by atoms with Crippen LogP contribution in [0.5, 0.6) is 5.88 Å². The van der Waals surface area contributed by atoms with E-state index in [1.165, 1.54) is 0 Å². The summed E-state index contributed by atoms with van der Waals surface area (Å²) in [5.74, 6) is 3.78. The molecule has 5 heteroatoms. The number of aromatic nitrogens is 1. The Hall–Kier alpha value is -1.10. The van der Waals surface area contributed by atoms with Crippen LogP contribution >= 0.6 is 11.8 Å². The maximum absolute atomic E-state index is 5.95. The third kappa shape index (κ3) is 3.69. The molecule has 1 fully saturated rings. The van der Waals surface area contributed by atoms with E-state index in [0.29, 0.717) is 17.6 Å². The van der Waals surface area contributed by atoms with Crippen LogP contribution < -0.4 is 15.4 Å². The number of ether oxygens (including phenoxy) is 1. The Balaban J connectivity index is 2.24. The lowest BCUT2D eigenvalue weighted by Gasteiger charge is -2.34. The van der Waals surface area contributed by atoms with Crippen LogP contribution in [-0.2, 0) is 0 Å². The molecular formula is C14H23N3OS. The predicted molar refractivity (Wildman–Crippen MR) is 83.2 cm³/mol. The smallest absolute Gasteiger partial charge is 0.239 e.